The van der Waals surface area contributed by atoms with Crippen molar-refractivity contribution in [3.8, 4) is 0 Å². The molecule has 0 amide bonds. The molecule has 0 unspecified atom stereocenters. The predicted octanol–water partition coefficient (Wildman–Crippen LogP) is 2.12. The molecule has 0 saturated carbocycles. The van der Waals surface area contributed by atoms with Gasteiger partial charge in [0.05, 0.1) is 11.3 Å². The van der Waals surface area contributed by atoms with Crippen LogP contribution in [0, 0.1) is 0 Å². The van der Waals surface area contributed by atoms with Gasteiger partial charge in [0.25, 0.3) is 0 Å². The number of aldehydes is 1. The number of aromatic nitrogens is 1. The second kappa shape index (κ2) is 4.42. The molecule has 0 spiro atoms. The van der Waals surface area contributed by atoms with E-state index in [1.807, 2.05) is 36.7 Å². The van der Waals surface area contributed by atoms with Crippen molar-refractivity contribution in [2.45, 2.75) is 32.4 Å². The van der Waals surface area contributed by atoms with E-state index in [0.29, 0.717) is 0 Å². The van der Waals surface area contributed by atoms with Crippen molar-refractivity contribution in [2.75, 3.05) is 7.11 Å². The van der Waals surface area contributed by atoms with Gasteiger partial charge in [0, 0.05) is 19.9 Å². The summed E-state index contributed by atoms with van der Waals surface area (Å²) in [6, 6.07) is 3.69. The number of methoxy groups -OCH3 is 1. The maximum Gasteiger partial charge on any atom is 0.166 e. The SMILES string of the molecule is COC(C)(C)CCn1cccc1C=O. The summed E-state index contributed by atoms with van der Waals surface area (Å²) in [4.78, 5) is 10.6. The molecule has 0 N–H and O–H groups in total. The Morgan fingerprint density at radius 1 is 1.57 bits per heavy atom. The lowest BCUT2D eigenvalue weighted by molar-refractivity contribution is 0.0119. The highest BCUT2D eigenvalue weighted by molar-refractivity contribution is 5.72. The lowest BCUT2D eigenvalue weighted by Gasteiger charge is -2.23. The fraction of sp³-hybridized carbons (Fsp3) is 0.545. The minimum Gasteiger partial charge on any atom is -0.379 e. The number of carbonyl (C=O) groups is 1. The van der Waals surface area contributed by atoms with E-state index in [1.165, 1.54) is 0 Å². The first-order valence-electron chi connectivity index (χ1n) is 4.74. The zero-order valence-electron chi connectivity index (χ0n) is 8.99. The molecule has 1 rings (SSSR count). The van der Waals surface area contributed by atoms with Gasteiger partial charge in [-0.05, 0) is 32.4 Å². The number of rotatable bonds is 5. The summed E-state index contributed by atoms with van der Waals surface area (Å²) >= 11 is 0. The Morgan fingerprint density at radius 2 is 2.29 bits per heavy atom. The van der Waals surface area contributed by atoms with Crippen LogP contribution in [0.5, 0.6) is 0 Å². The molecule has 14 heavy (non-hydrogen) atoms. The molecule has 0 aliphatic carbocycles. The fourth-order valence-corrected chi connectivity index (χ4v) is 1.23. The van der Waals surface area contributed by atoms with E-state index in [9.17, 15) is 4.79 Å². The highest BCUT2D eigenvalue weighted by atomic mass is 16.5. The van der Waals surface area contributed by atoms with Crippen LogP contribution in [-0.2, 0) is 11.3 Å². The normalized spacial score (nSPS) is 11.6. The van der Waals surface area contributed by atoms with Crippen LogP contribution in [0.2, 0.25) is 0 Å². The standard InChI is InChI=1S/C11H17NO2/c1-11(2,14-3)6-8-12-7-4-5-10(12)9-13/h4-5,7,9H,6,8H2,1-3H3. The molecule has 3 heteroatoms. The summed E-state index contributed by atoms with van der Waals surface area (Å²) in [6.45, 7) is 4.89. The number of ether oxygens (including phenoxy) is 1. The van der Waals surface area contributed by atoms with Gasteiger partial charge in [0.15, 0.2) is 6.29 Å². The minimum atomic E-state index is -0.134. The first-order valence-corrected chi connectivity index (χ1v) is 4.74. The third-order valence-corrected chi connectivity index (χ3v) is 2.49. The monoisotopic (exact) mass is 195 g/mol. The van der Waals surface area contributed by atoms with Crippen LogP contribution < -0.4 is 0 Å². The smallest absolute Gasteiger partial charge is 0.166 e. The van der Waals surface area contributed by atoms with Crippen molar-refractivity contribution in [1.82, 2.24) is 4.57 Å². The average molecular weight is 195 g/mol. The fourth-order valence-electron chi connectivity index (χ4n) is 1.23. The Bertz CT molecular complexity index is 302. The summed E-state index contributed by atoms with van der Waals surface area (Å²) in [5.74, 6) is 0. The van der Waals surface area contributed by atoms with Crippen molar-refractivity contribution >= 4 is 6.29 Å². The van der Waals surface area contributed by atoms with Gasteiger partial charge in [-0.3, -0.25) is 4.79 Å². The molecule has 78 valence electrons. The van der Waals surface area contributed by atoms with Gasteiger partial charge < -0.3 is 9.30 Å². The van der Waals surface area contributed by atoms with Crippen LogP contribution in [0.15, 0.2) is 18.3 Å². The maximum atomic E-state index is 10.6. The molecule has 0 fully saturated rings. The Balaban J connectivity index is 2.57. The molecule has 0 radical (unpaired) electrons. The molecule has 0 aromatic carbocycles. The second-order valence-corrected chi connectivity index (χ2v) is 3.96. The van der Waals surface area contributed by atoms with Gasteiger partial charge in [-0.15, -0.1) is 0 Å². The molecule has 3 nitrogen and oxygen atoms in total. The van der Waals surface area contributed by atoms with Gasteiger partial charge in [-0.2, -0.15) is 0 Å². The molecule has 0 saturated heterocycles. The predicted molar refractivity (Wildman–Crippen MR) is 55.5 cm³/mol. The number of hydrogen-bond donors (Lipinski definition) is 0. The molecule has 0 bridgehead atoms. The first-order chi connectivity index (χ1) is 6.59. The Labute approximate surface area is 84.7 Å². The van der Waals surface area contributed by atoms with Gasteiger partial charge in [-0.1, -0.05) is 0 Å². The zero-order valence-corrected chi connectivity index (χ0v) is 8.99. The summed E-state index contributed by atoms with van der Waals surface area (Å²) in [5, 5.41) is 0. The van der Waals surface area contributed by atoms with E-state index in [1.54, 1.807) is 7.11 Å². The third-order valence-electron chi connectivity index (χ3n) is 2.49. The van der Waals surface area contributed by atoms with Crippen molar-refractivity contribution in [3.05, 3.63) is 24.0 Å². The van der Waals surface area contributed by atoms with Crippen LogP contribution in [-0.4, -0.2) is 23.6 Å². The van der Waals surface area contributed by atoms with E-state index >= 15 is 0 Å². The Morgan fingerprint density at radius 3 is 2.86 bits per heavy atom. The number of aryl methyl sites for hydroxylation is 1. The van der Waals surface area contributed by atoms with E-state index < -0.39 is 0 Å². The molecule has 1 heterocycles. The van der Waals surface area contributed by atoms with E-state index in [4.69, 9.17) is 4.74 Å². The third kappa shape index (κ3) is 2.70. The molecular formula is C11H17NO2. The lowest BCUT2D eigenvalue weighted by Crippen LogP contribution is -2.24. The zero-order chi connectivity index (χ0) is 10.6. The van der Waals surface area contributed by atoms with Crippen molar-refractivity contribution in [1.29, 1.82) is 0 Å². The molecule has 1 aromatic heterocycles. The quantitative estimate of drug-likeness (QED) is 0.674. The lowest BCUT2D eigenvalue weighted by atomic mass is 10.1. The highest BCUT2D eigenvalue weighted by Crippen LogP contribution is 2.14. The summed E-state index contributed by atoms with van der Waals surface area (Å²) in [5.41, 5.74) is 0.585. The van der Waals surface area contributed by atoms with Gasteiger partial charge in [0.1, 0.15) is 0 Å². The molecule has 0 atom stereocenters. The minimum absolute atomic E-state index is 0.134. The van der Waals surface area contributed by atoms with Crippen molar-refractivity contribution in [2.24, 2.45) is 0 Å². The van der Waals surface area contributed by atoms with Gasteiger partial charge >= 0.3 is 0 Å². The summed E-state index contributed by atoms with van der Waals surface area (Å²) in [6.07, 6.45) is 3.67. The summed E-state index contributed by atoms with van der Waals surface area (Å²) < 4.78 is 7.25. The number of hydrogen-bond acceptors (Lipinski definition) is 2. The molecule has 0 aliphatic rings. The van der Waals surface area contributed by atoms with Crippen molar-refractivity contribution < 1.29 is 9.53 Å². The first kappa shape index (κ1) is 11.0. The molecule has 0 aliphatic heterocycles. The van der Waals surface area contributed by atoms with Crippen molar-refractivity contribution in [3.63, 3.8) is 0 Å². The van der Waals surface area contributed by atoms with Gasteiger partial charge in [0.2, 0.25) is 0 Å². The average Bonchev–Trinajstić information content (AvgIpc) is 2.62. The van der Waals surface area contributed by atoms with E-state index in [-0.39, 0.29) is 5.60 Å². The molecule has 1 aromatic rings. The molecular weight excluding hydrogens is 178 g/mol. The number of nitrogens with zero attached hydrogens (tertiary/aromatic N) is 1. The van der Waals surface area contributed by atoms with Gasteiger partial charge in [-0.25, -0.2) is 0 Å². The van der Waals surface area contributed by atoms with Crippen LogP contribution >= 0.6 is 0 Å². The van der Waals surface area contributed by atoms with E-state index in [2.05, 4.69) is 0 Å². The Hall–Kier alpha value is -1.09. The van der Waals surface area contributed by atoms with E-state index in [0.717, 1.165) is 24.9 Å². The van der Waals surface area contributed by atoms with Crippen LogP contribution in [0.25, 0.3) is 0 Å². The van der Waals surface area contributed by atoms with Crippen LogP contribution in [0.1, 0.15) is 30.8 Å². The maximum absolute atomic E-state index is 10.6. The Kier molecular flexibility index (Phi) is 3.47. The summed E-state index contributed by atoms with van der Waals surface area (Å²) in [7, 11) is 1.70. The largest absolute Gasteiger partial charge is 0.379 e. The van der Waals surface area contributed by atoms with Crippen LogP contribution in [0.3, 0.4) is 0 Å². The number of carbonyl (C=O) groups excluding carboxylic acids is 1. The second-order valence-electron chi connectivity index (χ2n) is 3.96. The topological polar surface area (TPSA) is 31.2 Å². The highest BCUT2D eigenvalue weighted by Gasteiger charge is 2.16. The van der Waals surface area contributed by atoms with Crippen LogP contribution in [0.4, 0.5) is 0 Å².